The van der Waals surface area contributed by atoms with Crippen LogP contribution in [0.25, 0.3) is 0 Å². The lowest BCUT2D eigenvalue weighted by molar-refractivity contribution is -0.128. The third kappa shape index (κ3) is 2.42. The lowest BCUT2D eigenvalue weighted by Gasteiger charge is -2.30. The number of rotatable bonds is 2. The maximum Gasteiger partial charge on any atom is 0.269 e. The highest BCUT2D eigenvalue weighted by Gasteiger charge is 2.34. The number of benzene rings is 1. The Morgan fingerprint density at radius 1 is 1.15 bits per heavy atom. The average Bonchev–Trinajstić information content (AvgIpc) is 2.47. The standard InChI is InChI=1S/C15H14N2O3/c1-10-14(15(18)17-11-5-4-8-16-9-11)20-13-7-3-2-6-12(13)19-10/h2-10,14H,1H3,(H,17,18). The van der Waals surface area contributed by atoms with E-state index in [4.69, 9.17) is 9.47 Å². The Hall–Kier alpha value is -2.56. The molecule has 2 unspecified atom stereocenters. The summed E-state index contributed by atoms with van der Waals surface area (Å²) in [6, 6.07) is 10.8. The van der Waals surface area contributed by atoms with Gasteiger partial charge in [-0.15, -0.1) is 0 Å². The Bertz CT molecular complexity index is 616. The number of para-hydroxylation sites is 2. The van der Waals surface area contributed by atoms with Crippen LogP contribution in [0.1, 0.15) is 6.92 Å². The van der Waals surface area contributed by atoms with Gasteiger partial charge in [0.1, 0.15) is 6.10 Å². The first kappa shape index (κ1) is 12.5. The Balaban J connectivity index is 1.76. The van der Waals surface area contributed by atoms with Crippen LogP contribution < -0.4 is 14.8 Å². The molecule has 0 spiro atoms. The van der Waals surface area contributed by atoms with Gasteiger partial charge in [-0.2, -0.15) is 0 Å². The summed E-state index contributed by atoms with van der Waals surface area (Å²) in [6.45, 7) is 1.81. The topological polar surface area (TPSA) is 60.5 Å². The number of hydrogen-bond donors (Lipinski definition) is 1. The molecule has 1 amide bonds. The molecule has 0 saturated heterocycles. The summed E-state index contributed by atoms with van der Waals surface area (Å²) in [5.74, 6) is 0.988. The van der Waals surface area contributed by atoms with Gasteiger partial charge >= 0.3 is 0 Å². The third-order valence-corrected chi connectivity index (χ3v) is 3.03. The summed E-state index contributed by atoms with van der Waals surface area (Å²) in [5, 5.41) is 2.77. The van der Waals surface area contributed by atoms with Gasteiger partial charge < -0.3 is 14.8 Å². The minimum Gasteiger partial charge on any atom is -0.482 e. The zero-order valence-corrected chi connectivity index (χ0v) is 10.9. The van der Waals surface area contributed by atoms with E-state index in [1.165, 1.54) is 0 Å². The lowest BCUT2D eigenvalue weighted by Crippen LogP contribution is -2.46. The van der Waals surface area contributed by atoms with Gasteiger partial charge in [0.05, 0.1) is 11.9 Å². The molecule has 0 bridgehead atoms. The molecule has 2 aromatic rings. The number of amides is 1. The molecule has 0 aliphatic carbocycles. The van der Waals surface area contributed by atoms with E-state index in [0.29, 0.717) is 17.2 Å². The lowest BCUT2D eigenvalue weighted by atomic mass is 10.1. The fourth-order valence-corrected chi connectivity index (χ4v) is 2.06. The van der Waals surface area contributed by atoms with Crippen molar-refractivity contribution in [2.24, 2.45) is 0 Å². The number of aromatic nitrogens is 1. The zero-order valence-electron chi connectivity index (χ0n) is 10.9. The first-order valence-electron chi connectivity index (χ1n) is 6.37. The predicted octanol–water partition coefficient (Wildman–Crippen LogP) is 2.25. The van der Waals surface area contributed by atoms with Crippen molar-refractivity contribution in [2.45, 2.75) is 19.1 Å². The number of fused-ring (bicyclic) bond motifs is 1. The fraction of sp³-hybridized carbons (Fsp3) is 0.200. The number of anilines is 1. The van der Waals surface area contributed by atoms with Crippen molar-refractivity contribution in [3.63, 3.8) is 0 Å². The van der Waals surface area contributed by atoms with E-state index in [1.54, 1.807) is 30.6 Å². The second kappa shape index (κ2) is 5.21. The van der Waals surface area contributed by atoms with Gasteiger partial charge in [0.25, 0.3) is 5.91 Å². The molecule has 102 valence electrons. The van der Waals surface area contributed by atoms with Crippen molar-refractivity contribution in [2.75, 3.05) is 5.32 Å². The van der Waals surface area contributed by atoms with Crippen molar-refractivity contribution in [1.29, 1.82) is 0 Å². The molecule has 2 heterocycles. The van der Waals surface area contributed by atoms with Gasteiger partial charge in [0.2, 0.25) is 6.10 Å². The van der Waals surface area contributed by atoms with E-state index in [-0.39, 0.29) is 12.0 Å². The van der Waals surface area contributed by atoms with Gasteiger partial charge in [-0.1, -0.05) is 12.1 Å². The first-order valence-corrected chi connectivity index (χ1v) is 6.37. The van der Waals surface area contributed by atoms with Gasteiger partial charge in [-0.25, -0.2) is 0 Å². The molecule has 5 nitrogen and oxygen atoms in total. The molecule has 2 atom stereocenters. The summed E-state index contributed by atoms with van der Waals surface area (Å²) in [6.07, 6.45) is 2.18. The Labute approximate surface area is 116 Å². The van der Waals surface area contributed by atoms with Crippen molar-refractivity contribution < 1.29 is 14.3 Å². The van der Waals surface area contributed by atoms with E-state index in [0.717, 1.165) is 0 Å². The van der Waals surface area contributed by atoms with Crippen molar-refractivity contribution >= 4 is 11.6 Å². The average molecular weight is 270 g/mol. The number of hydrogen-bond acceptors (Lipinski definition) is 4. The fourth-order valence-electron chi connectivity index (χ4n) is 2.06. The third-order valence-electron chi connectivity index (χ3n) is 3.03. The van der Waals surface area contributed by atoms with Crippen LogP contribution in [0.15, 0.2) is 48.8 Å². The molecule has 5 heteroatoms. The Morgan fingerprint density at radius 2 is 1.90 bits per heavy atom. The minimum atomic E-state index is -0.690. The number of carbonyl (C=O) groups is 1. The highest BCUT2D eigenvalue weighted by Crippen LogP contribution is 2.33. The molecule has 1 aliphatic heterocycles. The molecular weight excluding hydrogens is 256 g/mol. The van der Waals surface area contributed by atoms with Crippen LogP contribution in [0.2, 0.25) is 0 Å². The number of pyridine rings is 1. The van der Waals surface area contributed by atoms with E-state index in [2.05, 4.69) is 10.3 Å². The largest absolute Gasteiger partial charge is 0.482 e. The van der Waals surface area contributed by atoms with Crippen LogP contribution in [-0.4, -0.2) is 23.1 Å². The molecular formula is C15H14N2O3. The number of ether oxygens (including phenoxy) is 2. The van der Waals surface area contributed by atoms with E-state index in [9.17, 15) is 4.79 Å². The minimum absolute atomic E-state index is 0.250. The van der Waals surface area contributed by atoms with Crippen LogP contribution in [-0.2, 0) is 4.79 Å². The van der Waals surface area contributed by atoms with Gasteiger partial charge in [0, 0.05) is 6.20 Å². The maximum atomic E-state index is 12.2. The Morgan fingerprint density at radius 3 is 2.60 bits per heavy atom. The highest BCUT2D eigenvalue weighted by molar-refractivity contribution is 5.94. The predicted molar refractivity (Wildman–Crippen MR) is 73.8 cm³/mol. The molecule has 1 N–H and O–H groups in total. The van der Waals surface area contributed by atoms with E-state index in [1.807, 2.05) is 25.1 Å². The smallest absolute Gasteiger partial charge is 0.269 e. The van der Waals surface area contributed by atoms with Crippen LogP contribution in [0.3, 0.4) is 0 Å². The highest BCUT2D eigenvalue weighted by atomic mass is 16.6. The van der Waals surface area contributed by atoms with E-state index < -0.39 is 6.10 Å². The first-order chi connectivity index (χ1) is 9.74. The number of carbonyl (C=O) groups excluding carboxylic acids is 1. The molecule has 20 heavy (non-hydrogen) atoms. The van der Waals surface area contributed by atoms with Crippen molar-refractivity contribution in [3.05, 3.63) is 48.8 Å². The van der Waals surface area contributed by atoms with Gasteiger partial charge in [-0.05, 0) is 31.2 Å². The second-order valence-electron chi connectivity index (χ2n) is 4.54. The maximum absolute atomic E-state index is 12.2. The Kier molecular flexibility index (Phi) is 3.25. The van der Waals surface area contributed by atoms with Crippen LogP contribution in [0.5, 0.6) is 11.5 Å². The van der Waals surface area contributed by atoms with Crippen molar-refractivity contribution in [3.8, 4) is 11.5 Å². The number of nitrogens with one attached hydrogen (secondary N) is 1. The van der Waals surface area contributed by atoms with Gasteiger partial charge in [0.15, 0.2) is 11.5 Å². The van der Waals surface area contributed by atoms with Crippen LogP contribution in [0, 0.1) is 0 Å². The molecule has 1 aliphatic rings. The quantitative estimate of drug-likeness (QED) is 0.909. The zero-order chi connectivity index (χ0) is 13.9. The summed E-state index contributed by atoms with van der Waals surface area (Å²) in [7, 11) is 0. The summed E-state index contributed by atoms with van der Waals surface area (Å²) in [5.41, 5.74) is 0.632. The summed E-state index contributed by atoms with van der Waals surface area (Å²) < 4.78 is 11.4. The second-order valence-corrected chi connectivity index (χ2v) is 4.54. The molecule has 0 saturated carbocycles. The molecule has 3 rings (SSSR count). The molecule has 1 aromatic carbocycles. The van der Waals surface area contributed by atoms with Gasteiger partial charge in [-0.3, -0.25) is 9.78 Å². The van der Waals surface area contributed by atoms with Crippen molar-refractivity contribution in [1.82, 2.24) is 4.98 Å². The van der Waals surface area contributed by atoms with Crippen LogP contribution >= 0.6 is 0 Å². The summed E-state index contributed by atoms with van der Waals surface area (Å²) in [4.78, 5) is 16.2. The summed E-state index contributed by atoms with van der Waals surface area (Å²) >= 11 is 0. The number of nitrogens with zero attached hydrogens (tertiary/aromatic N) is 1. The molecule has 0 fully saturated rings. The SMILES string of the molecule is CC1Oc2ccccc2OC1C(=O)Nc1cccnc1. The van der Waals surface area contributed by atoms with Crippen LogP contribution in [0.4, 0.5) is 5.69 Å². The molecule has 0 radical (unpaired) electrons. The van der Waals surface area contributed by atoms with E-state index >= 15 is 0 Å². The normalized spacial score (nSPS) is 20.2. The molecule has 1 aromatic heterocycles. The monoisotopic (exact) mass is 270 g/mol.